The first-order chi connectivity index (χ1) is 9.58. The molecule has 4 nitrogen and oxygen atoms in total. The SMILES string of the molecule is O=C(N/N=C\c1c(Cl)cccc1Cl)c1ccnc(Cl)c1. The fourth-order valence-corrected chi connectivity index (χ4v) is 2.07. The average molecular weight is 329 g/mol. The predicted molar refractivity (Wildman–Crippen MR) is 80.8 cm³/mol. The average Bonchev–Trinajstić information content (AvgIpc) is 2.42. The van der Waals surface area contributed by atoms with Crippen molar-refractivity contribution in [2.24, 2.45) is 5.10 Å². The summed E-state index contributed by atoms with van der Waals surface area (Å²) in [6, 6.07) is 8.05. The zero-order valence-corrected chi connectivity index (χ0v) is 12.2. The molecule has 0 saturated heterocycles. The van der Waals surface area contributed by atoms with Gasteiger partial charge in [-0.25, -0.2) is 10.4 Å². The largest absolute Gasteiger partial charge is 0.271 e. The number of pyridine rings is 1. The number of benzene rings is 1. The Morgan fingerprint density at radius 2 is 1.90 bits per heavy atom. The Kier molecular flexibility index (Phi) is 4.95. The Morgan fingerprint density at radius 1 is 1.20 bits per heavy atom. The van der Waals surface area contributed by atoms with Crippen molar-refractivity contribution in [3.05, 3.63) is 62.9 Å². The predicted octanol–water partition coefficient (Wildman–Crippen LogP) is 3.81. The van der Waals surface area contributed by atoms with Gasteiger partial charge < -0.3 is 0 Å². The number of nitrogens with one attached hydrogen (secondary N) is 1. The van der Waals surface area contributed by atoms with Crippen molar-refractivity contribution in [3.63, 3.8) is 0 Å². The highest BCUT2D eigenvalue weighted by atomic mass is 35.5. The van der Waals surface area contributed by atoms with Crippen LogP contribution >= 0.6 is 34.8 Å². The maximum absolute atomic E-state index is 11.8. The van der Waals surface area contributed by atoms with Crippen LogP contribution in [0.3, 0.4) is 0 Å². The minimum atomic E-state index is -0.409. The summed E-state index contributed by atoms with van der Waals surface area (Å²) in [4.78, 5) is 15.6. The number of amides is 1. The highest BCUT2D eigenvalue weighted by Gasteiger charge is 2.06. The smallest absolute Gasteiger partial charge is 0.267 e. The van der Waals surface area contributed by atoms with Crippen LogP contribution in [0.4, 0.5) is 0 Å². The molecule has 0 bridgehead atoms. The summed E-state index contributed by atoms with van der Waals surface area (Å²) in [5.74, 6) is -0.409. The van der Waals surface area contributed by atoms with Crippen LogP contribution in [0.2, 0.25) is 15.2 Å². The first kappa shape index (κ1) is 14.8. The molecule has 0 fully saturated rings. The van der Waals surface area contributed by atoms with Gasteiger partial charge in [-0.3, -0.25) is 4.79 Å². The van der Waals surface area contributed by atoms with Gasteiger partial charge in [0.1, 0.15) is 5.15 Å². The monoisotopic (exact) mass is 327 g/mol. The molecule has 0 unspecified atom stereocenters. The van der Waals surface area contributed by atoms with Crippen molar-refractivity contribution >= 4 is 46.9 Å². The van der Waals surface area contributed by atoms with Gasteiger partial charge in [-0.2, -0.15) is 5.10 Å². The van der Waals surface area contributed by atoms with Crippen molar-refractivity contribution in [2.75, 3.05) is 0 Å². The Balaban J connectivity index is 2.09. The third kappa shape index (κ3) is 3.70. The third-order valence-electron chi connectivity index (χ3n) is 2.35. The first-order valence-corrected chi connectivity index (χ1v) is 6.60. The molecule has 0 spiro atoms. The lowest BCUT2D eigenvalue weighted by Gasteiger charge is -2.02. The molecule has 0 aliphatic heterocycles. The van der Waals surface area contributed by atoms with Crippen molar-refractivity contribution in [3.8, 4) is 0 Å². The number of hydrazone groups is 1. The molecule has 0 saturated carbocycles. The van der Waals surface area contributed by atoms with Gasteiger partial charge in [0.25, 0.3) is 5.91 Å². The van der Waals surface area contributed by atoms with E-state index < -0.39 is 5.91 Å². The fraction of sp³-hybridized carbons (Fsp3) is 0. The number of rotatable bonds is 3. The Labute approximate surface area is 130 Å². The fourth-order valence-electron chi connectivity index (χ4n) is 1.40. The summed E-state index contributed by atoms with van der Waals surface area (Å²) >= 11 is 17.6. The van der Waals surface area contributed by atoms with Gasteiger partial charge >= 0.3 is 0 Å². The molecule has 20 heavy (non-hydrogen) atoms. The third-order valence-corrected chi connectivity index (χ3v) is 3.21. The van der Waals surface area contributed by atoms with Crippen LogP contribution in [0.1, 0.15) is 15.9 Å². The Bertz CT molecular complexity index is 653. The molecule has 102 valence electrons. The number of nitrogens with zero attached hydrogens (tertiary/aromatic N) is 2. The Morgan fingerprint density at radius 3 is 2.55 bits per heavy atom. The van der Waals surface area contributed by atoms with E-state index in [1.54, 1.807) is 18.2 Å². The van der Waals surface area contributed by atoms with Crippen LogP contribution in [0.15, 0.2) is 41.6 Å². The second-order valence-electron chi connectivity index (χ2n) is 3.70. The topological polar surface area (TPSA) is 54.4 Å². The molecule has 0 aliphatic rings. The summed E-state index contributed by atoms with van der Waals surface area (Å²) in [6.07, 6.45) is 2.82. The van der Waals surface area contributed by atoms with Crippen LogP contribution < -0.4 is 5.43 Å². The maximum Gasteiger partial charge on any atom is 0.271 e. The normalized spacial score (nSPS) is 10.8. The minimum Gasteiger partial charge on any atom is -0.267 e. The standard InChI is InChI=1S/C13H8Cl3N3O/c14-10-2-1-3-11(15)9(10)7-18-19-13(20)8-4-5-17-12(16)6-8/h1-7H,(H,19,20)/b18-7-. The molecule has 2 rings (SSSR count). The first-order valence-electron chi connectivity index (χ1n) is 5.47. The van der Waals surface area contributed by atoms with Gasteiger partial charge in [-0.1, -0.05) is 40.9 Å². The quantitative estimate of drug-likeness (QED) is 0.529. The molecular formula is C13H8Cl3N3O. The van der Waals surface area contributed by atoms with Gasteiger partial charge in [-0.15, -0.1) is 0 Å². The number of halogens is 3. The summed E-state index contributed by atoms with van der Waals surface area (Å²) in [5.41, 5.74) is 3.24. The van der Waals surface area contributed by atoms with E-state index in [4.69, 9.17) is 34.8 Å². The molecule has 1 heterocycles. The van der Waals surface area contributed by atoms with Crippen molar-refractivity contribution < 1.29 is 4.79 Å². The Hall–Kier alpha value is -1.62. The van der Waals surface area contributed by atoms with E-state index in [0.29, 0.717) is 21.2 Å². The molecule has 1 aromatic carbocycles. The van der Waals surface area contributed by atoms with E-state index in [0.717, 1.165) is 0 Å². The lowest BCUT2D eigenvalue weighted by molar-refractivity contribution is 0.0955. The molecule has 7 heteroatoms. The second kappa shape index (κ2) is 6.70. The van der Waals surface area contributed by atoms with E-state index in [-0.39, 0.29) is 5.15 Å². The molecular weight excluding hydrogens is 321 g/mol. The van der Waals surface area contributed by atoms with E-state index >= 15 is 0 Å². The lowest BCUT2D eigenvalue weighted by atomic mass is 10.2. The van der Waals surface area contributed by atoms with Gasteiger partial charge in [0.2, 0.25) is 0 Å². The van der Waals surface area contributed by atoms with Gasteiger partial charge in [-0.05, 0) is 24.3 Å². The number of hydrogen-bond acceptors (Lipinski definition) is 3. The molecule has 0 radical (unpaired) electrons. The highest BCUT2D eigenvalue weighted by molar-refractivity contribution is 6.38. The second-order valence-corrected chi connectivity index (χ2v) is 4.90. The molecule has 1 amide bonds. The highest BCUT2D eigenvalue weighted by Crippen LogP contribution is 2.22. The van der Waals surface area contributed by atoms with Crippen LogP contribution in [-0.2, 0) is 0 Å². The zero-order chi connectivity index (χ0) is 14.5. The van der Waals surface area contributed by atoms with Crippen molar-refractivity contribution in [1.29, 1.82) is 0 Å². The minimum absolute atomic E-state index is 0.232. The van der Waals surface area contributed by atoms with Crippen molar-refractivity contribution in [1.82, 2.24) is 10.4 Å². The van der Waals surface area contributed by atoms with E-state index in [1.807, 2.05) is 0 Å². The lowest BCUT2D eigenvalue weighted by Crippen LogP contribution is -2.17. The molecule has 0 aliphatic carbocycles. The molecule has 0 atom stereocenters. The maximum atomic E-state index is 11.8. The number of hydrogen-bond donors (Lipinski definition) is 1. The zero-order valence-electron chi connectivity index (χ0n) is 9.98. The van der Waals surface area contributed by atoms with Gasteiger partial charge in [0, 0.05) is 17.3 Å². The number of carbonyl (C=O) groups is 1. The molecule has 1 aromatic heterocycles. The summed E-state index contributed by atoms with van der Waals surface area (Å²) < 4.78 is 0. The van der Waals surface area contributed by atoms with Gasteiger partial charge in [0.05, 0.1) is 16.3 Å². The summed E-state index contributed by atoms with van der Waals surface area (Å²) in [6.45, 7) is 0. The van der Waals surface area contributed by atoms with E-state index in [2.05, 4.69) is 15.5 Å². The van der Waals surface area contributed by atoms with Crippen LogP contribution in [0, 0.1) is 0 Å². The molecule has 2 aromatic rings. The summed E-state index contributed by atoms with van der Waals surface area (Å²) in [7, 11) is 0. The number of aromatic nitrogens is 1. The van der Waals surface area contributed by atoms with Gasteiger partial charge in [0.15, 0.2) is 0 Å². The number of carbonyl (C=O) groups excluding carboxylic acids is 1. The van der Waals surface area contributed by atoms with Crippen LogP contribution in [-0.4, -0.2) is 17.1 Å². The summed E-state index contributed by atoms with van der Waals surface area (Å²) in [5, 5.41) is 4.94. The molecule has 1 N–H and O–H groups in total. The van der Waals surface area contributed by atoms with Crippen molar-refractivity contribution in [2.45, 2.75) is 0 Å². The van der Waals surface area contributed by atoms with E-state index in [1.165, 1.54) is 24.5 Å². The van der Waals surface area contributed by atoms with Crippen LogP contribution in [0.25, 0.3) is 0 Å². The van der Waals surface area contributed by atoms with E-state index in [9.17, 15) is 4.79 Å². The van der Waals surface area contributed by atoms with Crippen LogP contribution in [0.5, 0.6) is 0 Å².